The average Bonchev–Trinajstić information content (AvgIpc) is 2.34. The van der Waals surface area contributed by atoms with Crippen LogP contribution in [0.15, 0.2) is 22.9 Å². The van der Waals surface area contributed by atoms with Crippen LogP contribution in [0.5, 0.6) is 0 Å². The van der Waals surface area contributed by atoms with Gasteiger partial charge in [0, 0.05) is 6.20 Å². The van der Waals surface area contributed by atoms with E-state index < -0.39 is 29.8 Å². The molecule has 0 saturated carbocycles. The predicted molar refractivity (Wildman–Crippen MR) is 66.9 cm³/mol. The molecule has 0 aliphatic rings. The molecule has 0 aromatic carbocycles. The molecule has 0 spiro atoms. The van der Waals surface area contributed by atoms with Gasteiger partial charge < -0.3 is 4.74 Å². The topological polar surface area (TPSA) is 56.3 Å². The number of hydrogen-bond donors (Lipinski definition) is 0. The smallest absolute Gasteiger partial charge is 0.397 e. The third kappa shape index (κ3) is 3.78. The Balaban J connectivity index is 3.34. The Morgan fingerprint density at radius 1 is 1.35 bits per heavy atom. The minimum atomic E-state index is -4.78. The van der Waals surface area contributed by atoms with Crippen LogP contribution in [-0.4, -0.2) is 30.0 Å². The van der Waals surface area contributed by atoms with Gasteiger partial charge in [-0.3, -0.25) is 9.59 Å². The number of ketones is 1. The largest absolute Gasteiger partial charge is 0.468 e. The van der Waals surface area contributed by atoms with Crippen LogP contribution in [-0.2, 0) is 14.3 Å². The SMILES string of the molecule is COC(=O)C(C(C)=O)C(c1ccc(Br)nc1)C(F)(F)F. The molecule has 0 N–H and O–H groups in total. The number of hydrogen-bond acceptors (Lipinski definition) is 4. The van der Waals surface area contributed by atoms with Crippen molar-refractivity contribution in [3.8, 4) is 0 Å². The Bertz CT molecular complexity index is 502. The lowest BCUT2D eigenvalue weighted by Crippen LogP contribution is -2.37. The van der Waals surface area contributed by atoms with E-state index >= 15 is 0 Å². The van der Waals surface area contributed by atoms with Gasteiger partial charge in [0.2, 0.25) is 0 Å². The third-order valence-electron chi connectivity index (χ3n) is 2.69. The van der Waals surface area contributed by atoms with Crippen LogP contribution >= 0.6 is 15.9 Å². The molecule has 20 heavy (non-hydrogen) atoms. The number of carbonyl (C=O) groups excluding carboxylic acids is 2. The highest BCUT2D eigenvalue weighted by atomic mass is 79.9. The fraction of sp³-hybridized carbons (Fsp3) is 0.417. The fourth-order valence-corrected chi connectivity index (χ4v) is 2.04. The van der Waals surface area contributed by atoms with Crippen LogP contribution in [0.3, 0.4) is 0 Å². The van der Waals surface area contributed by atoms with E-state index in [0.717, 1.165) is 26.3 Å². The van der Waals surface area contributed by atoms with Crippen LogP contribution in [0.1, 0.15) is 18.4 Å². The minimum absolute atomic E-state index is 0.272. The van der Waals surface area contributed by atoms with Gasteiger partial charge in [-0.25, -0.2) is 4.98 Å². The lowest BCUT2D eigenvalue weighted by molar-refractivity contribution is -0.179. The summed E-state index contributed by atoms with van der Waals surface area (Å²) in [7, 11) is 0.936. The number of aromatic nitrogens is 1. The van der Waals surface area contributed by atoms with Gasteiger partial charge in [0.05, 0.1) is 7.11 Å². The second-order valence-electron chi connectivity index (χ2n) is 4.05. The molecule has 0 amide bonds. The fourth-order valence-electron chi connectivity index (χ4n) is 1.81. The molecular weight excluding hydrogens is 343 g/mol. The van der Waals surface area contributed by atoms with Gasteiger partial charge in [0.1, 0.15) is 22.2 Å². The molecule has 0 aliphatic heterocycles. The summed E-state index contributed by atoms with van der Waals surface area (Å²) in [4.78, 5) is 26.6. The lowest BCUT2D eigenvalue weighted by atomic mass is 9.83. The molecule has 4 nitrogen and oxygen atoms in total. The normalized spacial score (nSPS) is 14.5. The highest BCUT2D eigenvalue weighted by Gasteiger charge is 2.51. The van der Waals surface area contributed by atoms with E-state index in [1.54, 1.807) is 0 Å². The third-order valence-corrected chi connectivity index (χ3v) is 3.16. The first-order valence-electron chi connectivity index (χ1n) is 5.45. The first-order chi connectivity index (χ1) is 9.18. The summed E-state index contributed by atoms with van der Waals surface area (Å²) < 4.78 is 44.3. The highest BCUT2D eigenvalue weighted by molar-refractivity contribution is 9.10. The zero-order valence-electron chi connectivity index (χ0n) is 10.6. The first-order valence-corrected chi connectivity index (χ1v) is 6.24. The minimum Gasteiger partial charge on any atom is -0.468 e. The summed E-state index contributed by atoms with van der Waals surface area (Å²) in [6.07, 6.45) is -3.80. The van der Waals surface area contributed by atoms with Crippen molar-refractivity contribution >= 4 is 27.7 Å². The Hall–Kier alpha value is -1.44. The molecule has 1 aromatic rings. The van der Waals surface area contributed by atoms with Crippen molar-refractivity contribution < 1.29 is 27.5 Å². The summed E-state index contributed by atoms with van der Waals surface area (Å²) in [5, 5.41) is 0. The Labute approximate surface area is 121 Å². The Morgan fingerprint density at radius 3 is 2.30 bits per heavy atom. The number of halogens is 4. The quantitative estimate of drug-likeness (QED) is 0.474. The summed E-state index contributed by atoms with van der Waals surface area (Å²) in [5.41, 5.74) is -0.272. The predicted octanol–water partition coefficient (Wildman–Crippen LogP) is 2.87. The van der Waals surface area contributed by atoms with Crippen LogP contribution < -0.4 is 0 Å². The van der Waals surface area contributed by atoms with Gasteiger partial charge in [0.25, 0.3) is 0 Å². The number of methoxy groups -OCH3 is 1. The number of carbonyl (C=O) groups is 2. The summed E-state index contributed by atoms with van der Waals surface area (Å²) in [6, 6.07) is 2.47. The molecule has 0 saturated heterocycles. The second kappa shape index (κ2) is 6.34. The molecule has 2 atom stereocenters. The van der Waals surface area contributed by atoms with E-state index in [4.69, 9.17) is 0 Å². The van der Waals surface area contributed by atoms with E-state index in [2.05, 4.69) is 25.7 Å². The van der Waals surface area contributed by atoms with Crippen molar-refractivity contribution in [2.24, 2.45) is 5.92 Å². The maximum Gasteiger partial charge on any atom is 0.397 e. The van der Waals surface area contributed by atoms with Gasteiger partial charge in [-0.15, -0.1) is 0 Å². The summed E-state index contributed by atoms with van der Waals surface area (Å²) in [5.74, 6) is -6.36. The number of esters is 1. The van der Waals surface area contributed by atoms with E-state index in [1.807, 2.05) is 0 Å². The Kier molecular flexibility index (Phi) is 5.27. The van der Waals surface area contributed by atoms with Crippen molar-refractivity contribution in [3.63, 3.8) is 0 Å². The van der Waals surface area contributed by atoms with Gasteiger partial charge in [-0.05, 0) is 34.5 Å². The number of Topliss-reactive ketones (excluding diaryl/α,β-unsaturated/α-hetero) is 1. The molecule has 8 heteroatoms. The molecule has 0 fully saturated rings. The van der Waals surface area contributed by atoms with Crippen molar-refractivity contribution in [3.05, 3.63) is 28.5 Å². The molecule has 0 bridgehead atoms. The molecule has 110 valence electrons. The van der Waals surface area contributed by atoms with Crippen LogP contribution in [0.4, 0.5) is 13.2 Å². The lowest BCUT2D eigenvalue weighted by Gasteiger charge is -2.25. The van der Waals surface area contributed by atoms with Crippen molar-refractivity contribution in [2.75, 3.05) is 7.11 Å². The first kappa shape index (κ1) is 16.6. The van der Waals surface area contributed by atoms with Crippen LogP contribution in [0.2, 0.25) is 0 Å². The van der Waals surface area contributed by atoms with Gasteiger partial charge in [-0.1, -0.05) is 6.07 Å². The highest BCUT2D eigenvalue weighted by Crippen LogP contribution is 2.41. The molecule has 1 heterocycles. The standard InChI is InChI=1S/C12H11BrF3NO3/c1-6(18)9(11(19)20-2)10(12(14,15)16)7-3-4-8(13)17-5-7/h3-5,9-10H,1-2H3. The summed E-state index contributed by atoms with van der Waals surface area (Å²) >= 11 is 3.00. The number of pyridine rings is 1. The Morgan fingerprint density at radius 2 is 1.95 bits per heavy atom. The number of ether oxygens (including phenoxy) is 1. The van der Waals surface area contributed by atoms with E-state index in [1.165, 1.54) is 6.07 Å². The molecule has 1 rings (SSSR count). The van der Waals surface area contributed by atoms with E-state index in [0.29, 0.717) is 4.60 Å². The molecular formula is C12H11BrF3NO3. The molecule has 1 aromatic heterocycles. The number of nitrogens with zero attached hydrogens (tertiary/aromatic N) is 1. The molecule has 2 unspecified atom stereocenters. The molecule has 0 radical (unpaired) electrons. The number of rotatable bonds is 4. The van der Waals surface area contributed by atoms with Gasteiger partial charge >= 0.3 is 12.1 Å². The monoisotopic (exact) mass is 353 g/mol. The summed E-state index contributed by atoms with van der Waals surface area (Å²) in [6.45, 7) is 0.923. The maximum atomic E-state index is 13.2. The van der Waals surface area contributed by atoms with Crippen molar-refractivity contribution in [1.82, 2.24) is 4.98 Å². The van der Waals surface area contributed by atoms with Crippen molar-refractivity contribution in [2.45, 2.75) is 19.0 Å². The van der Waals surface area contributed by atoms with E-state index in [-0.39, 0.29) is 5.56 Å². The molecule has 0 aliphatic carbocycles. The van der Waals surface area contributed by atoms with E-state index in [9.17, 15) is 22.8 Å². The maximum absolute atomic E-state index is 13.2. The number of alkyl halides is 3. The van der Waals surface area contributed by atoms with Gasteiger partial charge in [-0.2, -0.15) is 13.2 Å². The van der Waals surface area contributed by atoms with Crippen LogP contribution in [0, 0.1) is 5.92 Å². The average molecular weight is 354 g/mol. The van der Waals surface area contributed by atoms with Crippen molar-refractivity contribution in [1.29, 1.82) is 0 Å². The van der Waals surface area contributed by atoms with Crippen LogP contribution in [0.25, 0.3) is 0 Å². The van der Waals surface area contributed by atoms with Gasteiger partial charge in [0.15, 0.2) is 0 Å². The zero-order valence-corrected chi connectivity index (χ0v) is 12.2. The zero-order chi connectivity index (χ0) is 15.5. The second-order valence-corrected chi connectivity index (χ2v) is 4.86.